The molecular weight excluding hydrogens is 353 g/mol. The Hall–Kier alpha value is -1.57. The summed E-state index contributed by atoms with van der Waals surface area (Å²) in [5.41, 5.74) is 8.97. The topological polar surface area (TPSA) is 79.1 Å². The van der Waals surface area contributed by atoms with E-state index in [1.807, 2.05) is 18.2 Å². The summed E-state index contributed by atoms with van der Waals surface area (Å²) in [5.74, 6) is 0.401. The van der Waals surface area contributed by atoms with Crippen LogP contribution in [0.5, 0.6) is 0 Å². The van der Waals surface area contributed by atoms with Gasteiger partial charge in [0.1, 0.15) is 0 Å². The Kier molecular flexibility index (Phi) is 6.34. The molecule has 102 valence electrons. The SMILES string of the molecule is CCc1cccc(NC(N)=NCc2ccn[nH]2)c1.I. The first-order chi connectivity index (χ1) is 8.78. The molecule has 19 heavy (non-hydrogen) atoms. The Balaban J connectivity index is 0.00000180. The van der Waals surface area contributed by atoms with Gasteiger partial charge in [0.25, 0.3) is 0 Å². The average molecular weight is 371 g/mol. The van der Waals surface area contributed by atoms with E-state index in [4.69, 9.17) is 5.73 Å². The highest BCUT2D eigenvalue weighted by molar-refractivity contribution is 14.0. The highest BCUT2D eigenvalue weighted by Crippen LogP contribution is 2.10. The van der Waals surface area contributed by atoms with Crippen molar-refractivity contribution in [2.75, 3.05) is 5.32 Å². The van der Waals surface area contributed by atoms with Gasteiger partial charge in [0.15, 0.2) is 5.96 Å². The molecular formula is C13H18IN5. The Morgan fingerprint density at radius 2 is 2.26 bits per heavy atom. The van der Waals surface area contributed by atoms with Gasteiger partial charge in [-0.3, -0.25) is 5.10 Å². The van der Waals surface area contributed by atoms with E-state index in [-0.39, 0.29) is 24.0 Å². The second-order valence-electron chi connectivity index (χ2n) is 3.96. The number of hydrogen-bond donors (Lipinski definition) is 3. The number of anilines is 1. The van der Waals surface area contributed by atoms with E-state index >= 15 is 0 Å². The molecule has 5 nitrogen and oxygen atoms in total. The molecule has 2 aromatic rings. The van der Waals surface area contributed by atoms with Crippen molar-refractivity contribution < 1.29 is 0 Å². The molecule has 1 heterocycles. The molecule has 0 saturated carbocycles. The first-order valence-electron chi connectivity index (χ1n) is 5.92. The molecule has 0 saturated heterocycles. The van der Waals surface area contributed by atoms with Crippen LogP contribution in [-0.4, -0.2) is 16.2 Å². The molecule has 1 aromatic carbocycles. The Morgan fingerprint density at radius 3 is 2.95 bits per heavy atom. The highest BCUT2D eigenvalue weighted by Gasteiger charge is 1.97. The summed E-state index contributed by atoms with van der Waals surface area (Å²) in [6.45, 7) is 2.61. The van der Waals surface area contributed by atoms with Gasteiger partial charge < -0.3 is 11.1 Å². The Labute approximate surface area is 129 Å². The first-order valence-corrected chi connectivity index (χ1v) is 5.92. The van der Waals surface area contributed by atoms with Crippen molar-refractivity contribution in [1.29, 1.82) is 0 Å². The van der Waals surface area contributed by atoms with Gasteiger partial charge in [-0.15, -0.1) is 24.0 Å². The zero-order valence-electron chi connectivity index (χ0n) is 10.8. The molecule has 0 fully saturated rings. The minimum Gasteiger partial charge on any atom is -0.370 e. The molecule has 0 bridgehead atoms. The van der Waals surface area contributed by atoms with E-state index in [1.54, 1.807) is 6.20 Å². The number of nitrogens with zero attached hydrogens (tertiary/aromatic N) is 2. The number of benzene rings is 1. The number of guanidine groups is 1. The van der Waals surface area contributed by atoms with Crippen molar-refractivity contribution in [1.82, 2.24) is 10.2 Å². The number of rotatable bonds is 4. The normalized spacial score (nSPS) is 10.9. The monoisotopic (exact) mass is 371 g/mol. The molecule has 6 heteroatoms. The molecule has 0 atom stereocenters. The van der Waals surface area contributed by atoms with E-state index < -0.39 is 0 Å². The molecule has 4 N–H and O–H groups in total. The van der Waals surface area contributed by atoms with Crippen LogP contribution >= 0.6 is 24.0 Å². The third-order valence-corrected chi connectivity index (χ3v) is 2.59. The predicted octanol–water partition coefficient (Wildman–Crippen LogP) is 2.52. The zero-order valence-corrected chi connectivity index (χ0v) is 13.1. The molecule has 0 spiro atoms. The smallest absolute Gasteiger partial charge is 0.193 e. The number of aryl methyl sites for hydroxylation is 1. The minimum absolute atomic E-state index is 0. The van der Waals surface area contributed by atoms with E-state index in [1.165, 1.54) is 5.56 Å². The zero-order chi connectivity index (χ0) is 12.8. The predicted molar refractivity (Wildman–Crippen MR) is 88.8 cm³/mol. The third kappa shape index (κ3) is 4.90. The number of aromatic amines is 1. The van der Waals surface area contributed by atoms with Crippen LogP contribution in [0.15, 0.2) is 41.5 Å². The summed E-state index contributed by atoms with van der Waals surface area (Å²) in [6, 6.07) is 10.00. The maximum absolute atomic E-state index is 5.82. The van der Waals surface area contributed by atoms with Crippen molar-refractivity contribution in [2.24, 2.45) is 10.7 Å². The van der Waals surface area contributed by atoms with Gasteiger partial charge in [0, 0.05) is 11.9 Å². The maximum Gasteiger partial charge on any atom is 0.193 e. The fraction of sp³-hybridized carbons (Fsp3) is 0.231. The number of nitrogens with two attached hydrogens (primary N) is 1. The molecule has 1 aromatic heterocycles. The fourth-order valence-electron chi connectivity index (χ4n) is 1.60. The minimum atomic E-state index is 0. The van der Waals surface area contributed by atoms with Crippen molar-refractivity contribution in [3.63, 3.8) is 0 Å². The van der Waals surface area contributed by atoms with Gasteiger partial charge >= 0.3 is 0 Å². The van der Waals surface area contributed by atoms with Gasteiger partial charge in [-0.05, 0) is 30.2 Å². The first kappa shape index (κ1) is 15.5. The largest absolute Gasteiger partial charge is 0.370 e. The van der Waals surface area contributed by atoms with E-state index in [9.17, 15) is 0 Å². The molecule has 0 aliphatic heterocycles. The molecule has 0 unspecified atom stereocenters. The number of halogens is 1. The standard InChI is InChI=1S/C13H17N5.HI/c1-2-10-4-3-5-11(8-10)17-13(14)15-9-12-6-7-16-18-12;/h3-8H,2,9H2,1H3,(H,16,18)(H3,14,15,17);1H. The second-order valence-corrected chi connectivity index (χ2v) is 3.96. The molecule has 2 rings (SSSR count). The number of hydrogen-bond acceptors (Lipinski definition) is 2. The van der Waals surface area contributed by atoms with E-state index in [0.29, 0.717) is 12.5 Å². The molecule has 0 amide bonds. The van der Waals surface area contributed by atoms with Gasteiger partial charge in [-0.25, -0.2) is 4.99 Å². The van der Waals surface area contributed by atoms with Crippen LogP contribution < -0.4 is 11.1 Å². The summed E-state index contributed by atoms with van der Waals surface area (Å²) >= 11 is 0. The highest BCUT2D eigenvalue weighted by atomic mass is 127. The van der Waals surface area contributed by atoms with Crippen LogP contribution in [0.4, 0.5) is 5.69 Å². The van der Waals surface area contributed by atoms with Crippen molar-refractivity contribution in [2.45, 2.75) is 19.9 Å². The average Bonchev–Trinajstić information content (AvgIpc) is 2.90. The van der Waals surface area contributed by atoms with Crippen LogP contribution in [-0.2, 0) is 13.0 Å². The summed E-state index contributed by atoms with van der Waals surface area (Å²) in [5, 5.41) is 9.76. The van der Waals surface area contributed by atoms with Gasteiger partial charge in [0.2, 0.25) is 0 Å². The van der Waals surface area contributed by atoms with Crippen LogP contribution in [0.2, 0.25) is 0 Å². The lowest BCUT2D eigenvalue weighted by Gasteiger charge is -2.06. The number of aliphatic imine (C=N–C) groups is 1. The number of H-pyrrole nitrogens is 1. The number of nitrogens with one attached hydrogen (secondary N) is 2. The molecule has 0 aliphatic rings. The summed E-state index contributed by atoms with van der Waals surface area (Å²) in [6.07, 6.45) is 2.69. The lowest BCUT2D eigenvalue weighted by Crippen LogP contribution is -2.22. The Morgan fingerprint density at radius 1 is 1.42 bits per heavy atom. The van der Waals surface area contributed by atoms with Crippen LogP contribution in [0.3, 0.4) is 0 Å². The van der Waals surface area contributed by atoms with E-state index in [2.05, 4.69) is 39.6 Å². The lowest BCUT2D eigenvalue weighted by atomic mass is 10.1. The van der Waals surface area contributed by atoms with Crippen LogP contribution in [0, 0.1) is 0 Å². The van der Waals surface area contributed by atoms with Crippen LogP contribution in [0.25, 0.3) is 0 Å². The number of aromatic nitrogens is 2. The van der Waals surface area contributed by atoms with Crippen molar-refractivity contribution in [3.8, 4) is 0 Å². The van der Waals surface area contributed by atoms with Crippen molar-refractivity contribution in [3.05, 3.63) is 47.8 Å². The summed E-state index contributed by atoms with van der Waals surface area (Å²) in [7, 11) is 0. The second kappa shape index (κ2) is 7.78. The van der Waals surface area contributed by atoms with Gasteiger partial charge in [-0.2, -0.15) is 5.10 Å². The fourth-order valence-corrected chi connectivity index (χ4v) is 1.60. The van der Waals surface area contributed by atoms with Gasteiger partial charge in [0.05, 0.1) is 12.2 Å². The van der Waals surface area contributed by atoms with Gasteiger partial charge in [-0.1, -0.05) is 19.1 Å². The quantitative estimate of drug-likeness (QED) is 0.439. The van der Waals surface area contributed by atoms with Crippen molar-refractivity contribution >= 4 is 35.6 Å². The summed E-state index contributed by atoms with van der Waals surface area (Å²) < 4.78 is 0. The third-order valence-electron chi connectivity index (χ3n) is 2.59. The van der Waals surface area contributed by atoms with Crippen LogP contribution in [0.1, 0.15) is 18.2 Å². The molecule has 0 aliphatic carbocycles. The summed E-state index contributed by atoms with van der Waals surface area (Å²) in [4.78, 5) is 4.23. The maximum atomic E-state index is 5.82. The Bertz CT molecular complexity index is 522. The molecule has 0 radical (unpaired) electrons. The lowest BCUT2D eigenvalue weighted by molar-refractivity contribution is 0.944. The van der Waals surface area contributed by atoms with E-state index in [0.717, 1.165) is 17.8 Å².